The lowest BCUT2D eigenvalue weighted by atomic mass is 10.2. The molecule has 0 bridgehead atoms. The summed E-state index contributed by atoms with van der Waals surface area (Å²) in [5, 5.41) is 1.77. The molecule has 3 nitrogen and oxygen atoms in total. The van der Waals surface area contributed by atoms with Crippen molar-refractivity contribution in [2.75, 3.05) is 0 Å². The molecule has 2 heterocycles. The van der Waals surface area contributed by atoms with E-state index in [0.717, 1.165) is 22.2 Å². The van der Waals surface area contributed by atoms with Crippen LogP contribution in [0.15, 0.2) is 34.4 Å². The van der Waals surface area contributed by atoms with Crippen molar-refractivity contribution in [3.63, 3.8) is 0 Å². The summed E-state index contributed by atoms with van der Waals surface area (Å²) in [4.78, 5) is 5.56. The third-order valence-corrected chi connectivity index (χ3v) is 4.87. The number of halogens is 1. The summed E-state index contributed by atoms with van der Waals surface area (Å²) in [5.41, 5.74) is 0.871. The van der Waals surface area contributed by atoms with Crippen LogP contribution in [-0.4, -0.2) is 13.7 Å². The van der Waals surface area contributed by atoms with Gasteiger partial charge in [0.1, 0.15) is 0 Å². The van der Waals surface area contributed by atoms with Gasteiger partial charge in [0.25, 0.3) is 0 Å². The lowest BCUT2D eigenvalue weighted by molar-refractivity contribution is 0.555. The fourth-order valence-corrected chi connectivity index (χ4v) is 3.97. The first kappa shape index (κ1) is 12.3. The zero-order valence-electron chi connectivity index (χ0n) is 10.1. The van der Waals surface area contributed by atoms with Crippen molar-refractivity contribution in [1.29, 1.82) is 0 Å². The average Bonchev–Trinajstić information content (AvgIpc) is 2.76. The van der Waals surface area contributed by atoms with Gasteiger partial charge < -0.3 is 0 Å². The second-order valence-corrected chi connectivity index (χ2v) is 7.63. The molecule has 1 aliphatic heterocycles. The third kappa shape index (κ3) is 2.35. The van der Waals surface area contributed by atoms with E-state index in [1.807, 2.05) is 24.3 Å². The number of benzene rings is 1. The largest absolute Gasteiger partial charge is 0.293 e. The van der Waals surface area contributed by atoms with Crippen LogP contribution in [0.3, 0.4) is 0 Å². The molecule has 1 aromatic carbocycles. The normalized spacial score (nSPS) is 18.1. The first-order valence-electron chi connectivity index (χ1n) is 5.59. The van der Waals surface area contributed by atoms with E-state index in [1.54, 1.807) is 11.8 Å². The van der Waals surface area contributed by atoms with E-state index in [9.17, 15) is 0 Å². The minimum absolute atomic E-state index is 0.203. The van der Waals surface area contributed by atoms with Gasteiger partial charge in [-0.05, 0) is 32.0 Å². The molecule has 3 rings (SSSR count). The van der Waals surface area contributed by atoms with Gasteiger partial charge in [-0.3, -0.25) is 4.57 Å². The number of fused-ring (bicyclic) bond motifs is 1. The maximum atomic E-state index is 5.96. The summed E-state index contributed by atoms with van der Waals surface area (Å²) >= 11 is 9.20. The molecular formula is C12H12ClN3S2. The molecule has 0 saturated carbocycles. The maximum absolute atomic E-state index is 5.96. The Hall–Kier alpha value is -0.780. The molecule has 94 valence electrons. The fourth-order valence-electron chi connectivity index (χ4n) is 1.87. The van der Waals surface area contributed by atoms with Crippen molar-refractivity contribution in [1.82, 2.24) is 8.94 Å². The third-order valence-electron chi connectivity index (χ3n) is 2.61. The highest BCUT2D eigenvalue weighted by Gasteiger charge is 2.31. The van der Waals surface area contributed by atoms with Crippen molar-refractivity contribution in [3.05, 3.63) is 34.1 Å². The van der Waals surface area contributed by atoms with Gasteiger partial charge in [0.2, 0.25) is 4.80 Å². The highest BCUT2D eigenvalue weighted by Crippen LogP contribution is 2.38. The monoisotopic (exact) mass is 297 g/mol. The van der Waals surface area contributed by atoms with Crippen LogP contribution in [0.5, 0.6) is 0 Å². The van der Waals surface area contributed by atoms with Crippen molar-refractivity contribution in [2.24, 2.45) is 4.99 Å². The van der Waals surface area contributed by atoms with Gasteiger partial charge in [-0.15, -0.1) is 0 Å². The number of nitrogens with zero attached hydrogens (tertiary/aromatic N) is 3. The van der Waals surface area contributed by atoms with Crippen LogP contribution in [0.2, 0.25) is 5.02 Å². The Morgan fingerprint density at radius 3 is 3.06 bits per heavy atom. The summed E-state index contributed by atoms with van der Waals surface area (Å²) in [5.74, 6) is 0. The molecular weight excluding hydrogens is 286 g/mol. The number of thioether (sulfide) groups is 1. The van der Waals surface area contributed by atoms with Gasteiger partial charge in [0, 0.05) is 27.8 Å². The summed E-state index contributed by atoms with van der Waals surface area (Å²) < 4.78 is 6.83. The number of hydrogen-bond donors (Lipinski definition) is 0. The lowest BCUT2D eigenvalue weighted by Gasteiger charge is -2.12. The van der Waals surface area contributed by atoms with Gasteiger partial charge in [0.15, 0.2) is 5.16 Å². The Labute approximate surface area is 119 Å². The predicted molar refractivity (Wildman–Crippen MR) is 76.7 cm³/mol. The van der Waals surface area contributed by atoms with Crippen LogP contribution in [0, 0.1) is 0 Å². The highest BCUT2D eigenvalue weighted by molar-refractivity contribution is 8.00. The number of rotatable bonds is 1. The summed E-state index contributed by atoms with van der Waals surface area (Å²) in [6, 6.07) is 7.57. The van der Waals surface area contributed by atoms with Gasteiger partial charge in [-0.2, -0.15) is 4.37 Å². The minimum atomic E-state index is 0.203. The summed E-state index contributed by atoms with van der Waals surface area (Å²) in [7, 11) is 0. The maximum Gasteiger partial charge on any atom is 0.210 e. The van der Waals surface area contributed by atoms with Gasteiger partial charge in [0.05, 0.1) is 5.69 Å². The number of aromatic nitrogens is 2. The predicted octanol–water partition coefficient (Wildman–Crippen LogP) is 3.71. The first-order chi connectivity index (χ1) is 8.53. The van der Waals surface area contributed by atoms with Crippen LogP contribution in [0.25, 0.3) is 0 Å². The van der Waals surface area contributed by atoms with Crippen LogP contribution in [-0.2, 0) is 6.54 Å². The minimum Gasteiger partial charge on any atom is -0.293 e. The Kier molecular flexibility index (Phi) is 3.00. The van der Waals surface area contributed by atoms with E-state index in [4.69, 9.17) is 11.6 Å². The van der Waals surface area contributed by atoms with Gasteiger partial charge >= 0.3 is 0 Å². The second-order valence-electron chi connectivity index (χ2n) is 4.79. The van der Waals surface area contributed by atoms with Crippen molar-refractivity contribution < 1.29 is 0 Å². The molecule has 0 saturated heterocycles. The van der Waals surface area contributed by atoms with E-state index in [2.05, 4.69) is 27.8 Å². The van der Waals surface area contributed by atoms with Gasteiger partial charge in [-0.1, -0.05) is 29.4 Å². The van der Waals surface area contributed by atoms with Crippen LogP contribution in [0.1, 0.15) is 13.8 Å². The van der Waals surface area contributed by atoms with E-state index >= 15 is 0 Å². The molecule has 0 aliphatic carbocycles. The quantitative estimate of drug-likeness (QED) is 0.803. The molecule has 6 heteroatoms. The molecule has 0 spiro atoms. The molecule has 0 amide bonds. The van der Waals surface area contributed by atoms with E-state index in [-0.39, 0.29) is 4.75 Å². The zero-order valence-corrected chi connectivity index (χ0v) is 12.4. The smallest absolute Gasteiger partial charge is 0.210 e. The molecule has 1 aromatic heterocycles. The average molecular weight is 298 g/mol. The van der Waals surface area contributed by atoms with E-state index in [0.29, 0.717) is 5.02 Å². The Morgan fingerprint density at radius 2 is 2.28 bits per heavy atom. The van der Waals surface area contributed by atoms with Crippen molar-refractivity contribution in [2.45, 2.75) is 30.3 Å². The van der Waals surface area contributed by atoms with E-state index < -0.39 is 0 Å². The summed E-state index contributed by atoms with van der Waals surface area (Å²) in [6.45, 7) is 5.39. The number of hydrogen-bond acceptors (Lipinski definition) is 4. The topological polar surface area (TPSA) is 30.2 Å². The van der Waals surface area contributed by atoms with Crippen molar-refractivity contribution >= 4 is 40.6 Å². The molecule has 0 N–H and O–H groups in total. The SMILES string of the molecule is CC1(C)Cn2c(nsc2=Nc2cccc(Cl)c2)S1. The van der Waals surface area contributed by atoms with Gasteiger partial charge in [-0.25, -0.2) is 4.99 Å². The van der Waals surface area contributed by atoms with Crippen LogP contribution < -0.4 is 4.80 Å². The summed E-state index contributed by atoms with van der Waals surface area (Å²) in [6.07, 6.45) is 0. The second kappa shape index (κ2) is 4.40. The Balaban J connectivity index is 2.05. The standard InChI is InChI=1S/C12H12ClN3S2/c1-12(2)7-16-10(18-15-11(16)17-12)14-9-5-3-4-8(13)6-9/h3-6H,7H2,1-2H3. The first-order valence-corrected chi connectivity index (χ1v) is 7.56. The molecule has 2 aromatic rings. The Morgan fingerprint density at radius 1 is 1.44 bits per heavy atom. The Bertz CT molecular complexity index is 657. The molecule has 0 fully saturated rings. The zero-order chi connectivity index (χ0) is 12.8. The lowest BCUT2D eigenvalue weighted by Crippen LogP contribution is -2.21. The fraction of sp³-hybridized carbons (Fsp3) is 0.333. The van der Waals surface area contributed by atoms with Crippen LogP contribution in [0.4, 0.5) is 5.69 Å². The van der Waals surface area contributed by atoms with Crippen molar-refractivity contribution in [3.8, 4) is 0 Å². The van der Waals surface area contributed by atoms with E-state index in [1.165, 1.54) is 11.5 Å². The molecule has 0 unspecified atom stereocenters. The van der Waals surface area contributed by atoms with Crippen LogP contribution >= 0.6 is 34.9 Å². The molecule has 1 aliphatic rings. The molecule has 0 radical (unpaired) electrons. The molecule has 0 atom stereocenters. The molecule has 18 heavy (non-hydrogen) atoms. The highest BCUT2D eigenvalue weighted by atomic mass is 35.5.